The fourth-order valence-corrected chi connectivity index (χ4v) is 4.70. The molecule has 2 aliphatic rings. The van der Waals surface area contributed by atoms with E-state index in [1.54, 1.807) is 29.2 Å². The third-order valence-electron chi connectivity index (χ3n) is 6.91. The summed E-state index contributed by atoms with van der Waals surface area (Å²) in [7, 11) is 2.93. The Kier molecular flexibility index (Phi) is 7.62. The van der Waals surface area contributed by atoms with Gasteiger partial charge in [-0.15, -0.1) is 0 Å². The van der Waals surface area contributed by atoms with Gasteiger partial charge in [-0.2, -0.15) is 4.98 Å². The van der Waals surface area contributed by atoms with Gasteiger partial charge in [0.25, 0.3) is 5.91 Å². The molecule has 40 heavy (non-hydrogen) atoms. The summed E-state index contributed by atoms with van der Waals surface area (Å²) >= 11 is 0. The number of rotatable bonds is 7. The fourth-order valence-electron chi connectivity index (χ4n) is 4.70. The number of aliphatic hydroxyl groups is 3. The van der Waals surface area contributed by atoms with Crippen LogP contribution in [0.15, 0.2) is 34.9 Å². The number of fused-ring (bicyclic) bond motifs is 1. The maximum Gasteiger partial charge on any atom is 0.335 e. The third-order valence-corrected chi connectivity index (χ3v) is 6.91. The quantitative estimate of drug-likeness (QED) is 0.248. The first-order valence-electron chi connectivity index (χ1n) is 12.4. The Bertz CT molecular complexity index is 1380. The van der Waals surface area contributed by atoms with Gasteiger partial charge in [-0.3, -0.25) is 4.79 Å². The molecule has 0 bridgehead atoms. The van der Waals surface area contributed by atoms with Crippen LogP contribution in [0, 0.1) is 0 Å². The molecule has 2 aliphatic heterocycles. The second-order valence-electron chi connectivity index (χ2n) is 9.28. The number of carboxylic acid groups (broad SMARTS) is 1. The highest BCUT2D eigenvalue weighted by Gasteiger charge is 2.47. The molecular weight excluding hydrogens is 530 g/mol. The Labute approximate surface area is 227 Å². The minimum absolute atomic E-state index is 0.145. The maximum absolute atomic E-state index is 12.7. The molecule has 0 aliphatic carbocycles. The number of methoxy groups -OCH3 is 2. The van der Waals surface area contributed by atoms with Gasteiger partial charge in [-0.1, -0.05) is 0 Å². The molecule has 1 aromatic carbocycles. The Morgan fingerprint density at radius 1 is 1.00 bits per heavy atom. The van der Waals surface area contributed by atoms with Crippen LogP contribution in [0.5, 0.6) is 11.5 Å². The molecule has 15 heteroatoms. The van der Waals surface area contributed by atoms with E-state index < -0.39 is 36.6 Å². The molecule has 5 N–H and O–H groups in total. The van der Waals surface area contributed by atoms with Crippen LogP contribution in [0.2, 0.25) is 0 Å². The minimum Gasteiger partial charge on any atom is -0.493 e. The summed E-state index contributed by atoms with van der Waals surface area (Å²) in [6, 6.07) is 6.50. The molecule has 0 saturated carbocycles. The zero-order valence-corrected chi connectivity index (χ0v) is 21.6. The maximum atomic E-state index is 12.7. The monoisotopic (exact) mass is 559 g/mol. The van der Waals surface area contributed by atoms with Crippen molar-refractivity contribution in [3.8, 4) is 11.5 Å². The Morgan fingerprint density at radius 3 is 2.33 bits per heavy atom. The van der Waals surface area contributed by atoms with Crippen molar-refractivity contribution in [1.82, 2.24) is 14.9 Å². The number of hydrogen-bond acceptors (Lipinski definition) is 13. The molecule has 3 aromatic rings. The number of benzene rings is 1. The highest BCUT2D eigenvalue weighted by molar-refractivity contribution is 5.93. The van der Waals surface area contributed by atoms with E-state index in [2.05, 4.69) is 15.3 Å². The number of carbonyl (C=O) groups is 2. The molecule has 5 unspecified atom stereocenters. The fraction of sp³-hybridized carbons (Fsp3) is 0.440. The number of piperazine rings is 1. The van der Waals surface area contributed by atoms with Gasteiger partial charge in [-0.25, -0.2) is 9.78 Å². The molecule has 4 heterocycles. The molecule has 2 aromatic heterocycles. The highest BCUT2D eigenvalue weighted by Crippen LogP contribution is 2.36. The molecule has 5 atom stereocenters. The van der Waals surface area contributed by atoms with E-state index in [1.807, 2.05) is 4.90 Å². The van der Waals surface area contributed by atoms with E-state index in [0.29, 0.717) is 48.6 Å². The number of ether oxygens (including phenoxy) is 3. The van der Waals surface area contributed by atoms with Crippen molar-refractivity contribution in [2.24, 2.45) is 0 Å². The van der Waals surface area contributed by atoms with Gasteiger partial charge in [0.1, 0.15) is 24.1 Å². The topological polar surface area (TPSA) is 200 Å². The number of nitrogens with zero attached hydrogens (tertiary/aromatic N) is 4. The number of furan rings is 1. The summed E-state index contributed by atoms with van der Waals surface area (Å²) < 4.78 is 21.4. The summed E-state index contributed by atoms with van der Waals surface area (Å²) in [5, 5.41) is 43.6. The number of aliphatic hydroxyl groups excluding tert-OH is 3. The zero-order chi connectivity index (χ0) is 28.6. The standard InChI is InChI=1S/C25H29N5O10/c1-37-15-10-12-13(11-16(15)38-2)26-25(30-7-5-29(6-8-30)23(34)14-4-3-9-39-14)28-21(12)27-22-19(33)17(31)18(32)20(40-22)24(35)36/h3-4,9-11,17-20,22,31-33H,5-8H2,1-2H3,(H,35,36)(H,26,27,28). The smallest absolute Gasteiger partial charge is 0.335 e. The molecule has 2 fully saturated rings. The van der Waals surface area contributed by atoms with Crippen molar-refractivity contribution in [1.29, 1.82) is 0 Å². The SMILES string of the molecule is COc1cc2nc(N3CCN(C(=O)c4ccco4)CC3)nc(NC3OC(C(=O)O)C(O)C(O)C3O)c2cc1OC. The predicted molar refractivity (Wildman–Crippen MR) is 137 cm³/mol. The number of aliphatic carboxylic acids is 1. The number of anilines is 2. The summed E-state index contributed by atoms with van der Waals surface area (Å²) in [5.41, 5.74) is 0.430. The van der Waals surface area contributed by atoms with Gasteiger partial charge in [-0.05, 0) is 18.2 Å². The highest BCUT2D eigenvalue weighted by atomic mass is 16.6. The molecule has 0 spiro atoms. The Hall–Kier alpha value is -4.18. The van der Waals surface area contributed by atoms with Gasteiger partial charge >= 0.3 is 5.97 Å². The first kappa shape index (κ1) is 27.4. The van der Waals surface area contributed by atoms with Crippen molar-refractivity contribution in [3.63, 3.8) is 0 Å². The van der Waals surface area contributed by atoms with Crippen LogP contribution in [-0.2, 0) is 9.53 Å². The number of hydrogen-bond donors (Lipinski definition) is 5. The van der Waals surface area contributed by atoms with Gasteiger partial charge in [0.2, 0.25) is 5.95 Å². The van der Waals surface area contributed by atoms with Crippen LogP contribution in [0.1, 0.15) is 10.6 Å². The summed E-state index contributed by atoms with van der Waals surface area (Å²) in [4.78, 5) is 37.1. The van der Waals surface area contributed by atoms with Crippen LogP contribution in [0.4, 0.5) is 11.8 Å². The van der Waals surface area contributed by atoms with Gasteiger partial charge in [0, 0.05) is 37.6 Å². The average molecular weight is 560 g/mol. The predicted octanol–water partition coefficient (Wildman–Crippen LogP) is -0.493. The number of carboxylic acids is 1. The molecule has 15 nitrogen and oxygen atoms in total. The first-order valence-corrected chi connectivity index (χ1v) is 12.4. The van der Waals surface area contributed by atoms with E-state index in [1.165, 1.54) is 20.5 Å². The largest absolute Gasteiger partial charge is 0.493 e. The summed E-state index contributed by atoms with van der Waals surface area (Å²) in [6.45, 7) is 1.56. The molecule has 1 amide bonds. The van der Waals surface area contributed by atoms with E-state index in [-0.39, 0.29) is 23.4 Å². The number of nitrogens with one attached hydrogen (secondary N) is 1. The lowest BCUT2D eigenvalue weighted by molar-refractivity contribution is -0.221. The molecule has 2 saturated heterocycles. The zero-order valence-electron chi connectivity index (χ0n) is 21.6. The molecule has 5 rings (SSSR count). The first-order chi connectivity index (χ1) is 19.2. The van der Waals surface area contributed by atoms with E-state index >= 15 is 0 Å². The van der Waals surface area contributed by atoms with Crippen molar-refractivity contribution < 1.29 is 48.6 Å². The summed E-state index contributed by atoms with van der Waals surface area (Å²) in [6.07, 6.45) is -7.12. The van der Waals surface area contributed by atoms with Crippen molar-refractivity contribution >= 4 is 34.5 Å². The minimum atomic E-state index is -1.84. The van der Waals surface area contributed by atoms with Crippen molar-refractivity contribution in [2.75, 3.05) is 50.6 Å². The second kappa shape index (κ2) is 11.1. The number of carbonyl (C=O) groups excluding carboxylic acids is 1. The normalized spacial score (nSPS) is 25.1. The summed E-state index contributed by atoms with van der Waals surface area (Å²) in [5.74, 6) is -0.283. The van der Waals surface area contributed by atoms with Crippen LogP contribution in [0.25, 0.3) is 10.9 Å². The molecular formula is C25H29N5O10. The Morgan fingerprint density at radius 2 is 1.70 bits per heavy atom. The van der Waals surface area contributed by atoms with Gasteiger partial charge in [0.05, 0.1) is 26.0 Å². The Balaban J connectivity index is 1.47. The van der Waals surface area contributed by atoms with Crippen LogP contribution in [0.3, 0.4) is 0 Å². The van der Waals surface area contributed by atoms with Crippen LogP contribution in [-0.4, -0.2) is 118 Å². The third kappa shape index (κ3) is 5.06. The lowest BCUT2D eigenvalue weighted by Gasteiger charge is -2.39. The lowest BCUT2D eigenvalue weighted by atomic mass is 9.98. The van der Waals surface area contributed by atoms with Crippen LogP contribution < -0.4 is 19.7 Å². The second-order valence-corrected chi connectivity index (χ2v) is 9.28. The van der Waals surface area contributed by atoms with Gasteiger partial charge < -0.3 is 54.2 Å². The lowest BCUT2D eigenvalue weighted by Crippen LogP contribution is -2.61. The number of aromatic nitrogens is 2. The van der Waals surface area contributed by atoms with E-state index in [0.717, 1.165) is 0 Å². The molecule has 0 radical (unpaired) electrons. The van der Waals surface area contributed by atoms with E-state index in [4.69, 9.17) is 18.6 Å². The van der Waals surface area contributed by atoms with Crippen molar-refractivity contribution in [2.45, 2.75) is 30.6 Å². The molecule has 214 valence electrons. The van der Waals surface area contributed by atoms with Crippen molar-refractivity contribution in [3.05, 3.63) is 36.3 Å². The van der Waals surface area contributed by atoms with Gasteiger partial charge in [0.15, 0.2) is 29.6 Å². The number of amides is 1. The van der Waals surface area contributed by atoms with Crippen LogP contribution >= 0.6 is 0 Å². The average Bonchev–Trinajstić information content (AvgIpc) is 3.51. The van der Waals surface area contributed by atoms with E-state index in [9.17, 15) is 30.0 Å².